The first kappa shape index (κ1) is 12.2. The highest BCUT2D eigenvalue weighted by Crippen LogP contribution is 2.43. The van der Waals surface area contributed by atoms with Crippen LogP contribution in [0.15, 0.2) is 30.3 Å². The van der Waals surface area contributed by atoms with Gasteiger partial charge in [-0.3, -0.25) is 4.90 Å². The van der Waals surface area contributed by atoms with Crippen molar-refractivity contribution in [1.82, 2.24) is 4.90 Å². The average molecular weight is 245 g/mol. The molecule has 2 bridgehead atoms. The molecule has 1 aromatic rings. The van der Waals surface area contributed by atoms with Gasteiger partial charge in [-0.1, -0.05) is 30.3 Å². The molecule has 5 atom stereocenters. The molecule has 98 valence electrons. The van der Waals surface area contributed by atoms with Crippen LogP contribution in [0.4, 0.5) is 0 Å². The van der Waals surface area contributed by atoms with Crippen molar-refractivity contribution >= 4 is 0 Å². The van der Waals surface area contributed by atoms with Crippen molar-refractivity contribution < 1.29 is 5.11 Å². The molecule has 18 heavy (non-hydrogen) atoms. The van der Waals surface area contributed by atoms with E-state index in [0.29, 0.717) is 24.0 Å². The van der Waals surface area contributed by atoms with Gasteiger partial charge in [0.15, 0.2) is 0 Å². The second-order valence-electron chi connectivity index (χ2n) is 5.98. The van der Waals surface area contributed by atoms with Crippen LogP contribution < -0.4 is 0 Å². The number of hydrogen-bond acceptors (Lipinski definition) is 2. The summed E-state index contributed by atoms with van der Waals surface area (Å²) in [6.45, 7) is 4.61. The highest BCUT2D eigenvalue weighted by molar-refractivity contribution is 5.20. The Hall–Kier alpha value is -0.860. The number of rotatable bonds is 2. The molecule has 2 saturated heterocycles. The van der Waals surface area contributed by atoms with Gasteiger partial charge in [-0.05, 0) is 44.6 Å². The van der Waals surface area contributed by atoms with Gasteiger partial charge in [0.05, 0.1) is 6.10 Å². The maximum absolute atomic E-state index is 10.2. The van der Waals surface area contributed by atoms with Crippen LogP contribution in [-0.4, -0.2) is 28.2 Å². The molecule has 2 heteroatoms. The molecule has 4 rings (SSSR count). The minimum absolute atomic E-state index is 0.119. The zero-order chi connectivity index (χ0) is 12.7. The molecule has 0 amide bonds. The molecule has 0 unspecified atom stereocenters. The lowest BCUT2D eigenvalue weighted by molar-refractivity contribution is -0.104. The normalized spacial score (nSPS) is 37.7. The molecular formula is C16H23NO. The predicted octanol–water partition coefficient (Wildman–Crippen LogP) is 2.98. The van der Waals surface area contributed by atoms with Crippen molar-refractivity contribution in [3.63, 3.8) is 0 Å². The Labute approximate surface area is 110 Å². The van der Waals surface area contributed by atoms with E-state index in [1.165, 1.54) is 12.0 Å². The van der Waals surface area contributed by atoms with E-state index >= 15 is 0 Å². The molecule has 1 aliphatic carbocycles. The SMILES string of the molecule is C[C@H](c1ccccc1)N1[C@H](C)[C@@H]2CC[C@H]1[C@@H](O)C2. The third-order valence-electron chi connectivity index (χ3n) is 5.09. The lowest BCUT2D eigenvalue weighted by Gasteiger charge is -2.55. The first-order chi connectivity index (χ1) is 8.68. The molecule has 1 aromatic carbocycles. The molecule has 0 aromatic heterocycles. The highest BCUT2D eigenvalue weighted by Gasteiger charge is 2.46. The molecular weight excluding hydrogens is 222 g/mol. The van der Waals surface area contributed by atoms with E-state index < -0.39 is 0 Å². The van der Waals surface area contributed by atoms with Gasteiger partial charge in [0.1, 0.15) is 0 Å². The minimum atomic E-state index is -0.119. The van der Waals surface area contributed by atoms with Gasteiger partial charge in [-0.2, -0.15) is 0 Å². The monoisotopic (exact) mass is 245 g/mol. The standard InChI is InChI=1S/C16H23NO/c1-11(13-6-4-3-5-7-13)17-12(2)14-8-9-15(17)16(18)10-14/h3-7,11-12,14-16,18H,8-10H2,1-2H3/t11-,12-,14-,15+,16+/m1/s1. The quantitative estimate of drug-likeness (QED) is 0.866. The molecule has 2 aliphatic heterocycles. The Morgan fingerprint density at radius 1 is 1.22 bits per heavy atom. The van der Waals surface area contributed by atoms with E-state index in [-0.39, 0.29) is 6.10 Å². The van der Waals surface area contributed by atoms with E-state index in [1.54, 1.807) is 0 Å². The van der Waals surface area contributed by atoms with Crippen LogP contribution in [0, 0.1) is 5.92 Å². The fourth-order valence-electron chi connectivity index (χ4n) is 4.04. The average Bonchev–Trinajstić information content (AvgIpc) is 2.41. The van der Waals surface area contributed by atoms with Crippen molar-refractivity contribution in [2.45, 2.75) is 57.3 Å². The van der Waals surface area contributed by atoms with Crippen molar-refractivity contribution in [2.24, 2.45) is 5.92 Å². The summed E-state index contributed by atoms with van der Waals surface area (Å²) in [4.78, 5) is 2.55. The van der Waals surface area contributed by atoms with Gasteiger partial charge in [0.25, 0.3) is 0 Å². The third kappa shape index (κ3) is 1.88. The lowest BCUT2D eigenvalue weighted by atomic mass is 9.72. The highest BCUT2D eigenvalue weighted by atomic mass is 16.3. The molecule has 1 saturated carbocycles. The lowest BCUT2D eigenvalue weighted by Crippen LogP contribution is -2.60. The summed E-state index contributed by atoms with van der Waals surface area (Å²) in [6, 6.07) is 12.0. The van der Waals surface area contributed by atoms with Crippen LogP contribution in [0.3, 0.4) is 0 Å². The summed E-state index contributed by atoms with van der Waals surface area (Å²) >= 11 is 0. The van der Waals surface area contributed by atoms with E-state index in [1.807, 2.05) is 0 Å². The van der Waals surface area contributed by atoms with Gasteiger partial charge in [0, 0.05) is 18.1 Å². The topological polar surface area (TPSA) is 23.5 Å². The van der Waals surface area contributed by atoms with Gasteiger partial charge >= 0.3 is 0 Å². The number of benzene rings is 1. The van der Waals surface area contributed by atoms with Crippen molar-refractivity contribution in [3.05, 3.63) is 35.9 Å². The smallest absolute Gasteiger partial charge is 0.0698 e. The summed E-state index contributed by atoms with van der Waals surface area (Å²) in [7, 11) is 0. The Bertz CT molecular complexity index is 405. The van der Waals surface area contributed by atoms with Gasteiger partial charge in [-0.25, -0.2) is 0 Å². The van der Waals surface area contributed by atoms with Crippen LogP contribution in [0.2, 0.25) is 0 Å². The summed E-state index contributed by atoms with van der Waals surface area (Å²) in [5, 5.41) is 10.2. The van der Waals surface area contributed by atoms with Crippen LogP contribution in [0.1, 0.15) is 44.7 Å². The van der Waals surface area contributed by atoms with Crippen LogP contribution in [0.5, 0.6) is 0 Å². The zero-order valence-corrected chi connectivity index (χ0v) is 11.3. The predicted molar refractivity (Wildman–Crippen MR) is 73.3 cm³/mol. The molecule has 1 N–H and O–H groups in total. The number of aliphatic hydroxyl groups is 1. The van der Waals surface area contributed by atoms with Crippen LogP contribution in [0.25, 0.3) is 0 Å². The van der Waals surface area contributed by atoms with Crippen LogP contribution in [-0.2, 0) is 0 Å². The van der Waals surface area contributed by atoms with Crippen molar-refractivity contribution in [3.8, 4) is 0 Å². The Balaban J connectivity index is 1.87. The number of fused-ring (bicyclic) bond motifs is 3. The number of nitrogens with zero attached hydrogens (tertiary/aromatic N) is 1. The zero-order valence-electron chi connectivity index (χ0n) is 11.3. The van der Waals surface area contributed by atoms with Gasteiger partial charge < -0.3 is 5.11 Å². The van der Waals surface area contributed by atoms with E-state index in [4.69, 9.17) is 0 Å². The number of aliphatic hydroxyl groups excluding tert-OH is 1. The van der Waals surface area contributed by atoms with Crippen molar-refractivity contribution in [1.29, 1.82) is 0 Å². The van der Waals surface area contributed by atoms with E-state index in [2.05, 4.69) is 49.1 Å². The van der Waals surface area contributed by atoms with E-state index in [0.717, 1.165) is 12.8 Å². The summed E-state index contributed by atoms with van der Waals surface area (Å²) in [6.07, 6.45) is 3.34. The Kier molecular flexibility index (Phi) is 3.16. The Morgan fingerprint density at radius 3 is 2.61 bits per heavy atom. The van der Waals surface area contributed by atoms with Crippen molar-refractivity contribution in [2.75, 3.05) is 0 Å². The number of piperidine rings is 2. The first-order valence-corrected chi connectivity index (χ1v) is 7.19. The summed E-state index contributed by atoms with van der Waals surface area (Å²) < 4.78 is 0. The maximum Gasteiger partial charge on any atom is 0.0698 e. The first-order valence-electron chi connectivity index (χ1n) is 7.19. The van der Waals surface area contributed by atoms with Gasteiger partial charge in [0.2, 0.25) is 0 Å². The van der Waals surface area contributed by atoms with E-state index in [9.17, 15) is 5.11 Å². The fourth-order valence-corrected chi connectivity index (χ4v) is 4.04. The molecule has 3 fully saturated rings. The number of hydrogen-bond donors (Lipinski definition) is 1. The second-order valence-corrected chi connectivity index (χ2v) is 5.98. The fraction of sp³-hybridized carbons (Fsp3) is 0.625. The molecule has 0 radical (unpaired) electrons. The van der Waals surface area contributed by atoms with Crippen LogP contribution >= 0.6 is 0 Å². The summed E-state index contributed by atoms with van der Waals surface area (Å²) in [5.74, 6) is 0.677. The Morgan fingerprint density at radius 2 is 1.94 bits per heavy atom. The summed E-state index contributed by atoms with van der Waals surface area (Å²) in [5.41, 5.74) is 1.36. The minimum Gasteiger partial charge on any atom is -0.391 e. The van der Waals surface area contributed by atoms with Gasteiger partial charge in [-0.15, -0.1) is 0 Å². The molecule has 2 nitrogen and oxygen atoms in total. The maximum atomic E-state index is 10.2. The molecule has 3 aliphatic rings. The third-order valence-corrected chi connectivity index (χ3v) is 5.09. The largest absolute Gasteiger partial charge is 0.391 e. The second kappa shape index (κ2) is 4.67. The molecule has 0 spiro atoms. The molecule has 2 heterocycles.